The summed E-state index contributed by atoms with van der Waals surface area (Å²) in [6, 6.07) is -0.300. The molecular formula is C24H36N2O6S. The Kier molecular flexibility index (Phi) is 6.66. The molecule has 9 heteroatoms. The Balaban J connectivity index is 1.24. The van der Waals surface area contributed by atoms with E-state index in [1.807, 2.05) is 0 Å². The van der Waals surface area contributed by atoms with Gasteiger partial charge in [0.2, 0.25) is 15.9 Å². The van der Waals surface area contributed by atoms with E-state index in [1.54, 1.807) is 0 Å². The molecule has 5 rings (SSSR count). The molecule has 4 saturated carbocycles. The third-order valence-electron chi connectivity index (χ3n) is 8.92. The summed E-state index contributed by atoms with van der Waals surface area (Å²) in [4.78, 5) is 39.8. The summed E-state index contributed by atoms with van der Waals surface area (Å²) in [5.74, 6) is -0.996. The van der Waals surface area contributed by atoms with Crippen LogP contribution in [0, 0.1) is 29.6 Å². The zero-order chi connectivity index (χ0) is 23.2. The van der Waals surface area contributed by atoms with Crippen LogP contribution >= 0.6 is 0 Å². The van der Waals surface area contributed by atoms with Gasteiger partial charge in [0, 0.05) is 48.7 Å². The number of nitrogens with one attached hydrogen (secondary N) is 1. The Bertz CT molecular complexity index is 899. The number of sulfonamides is 1. The van der Waals surface area contributed by atoms with Gasteiger partial charge in [-0.1, -0.05) is 19.3 Å². The molecule has 1 saturated heterocycles. The van der Waals surface area contributed by atoms with Crippen molar-refractivity contribution in [3.8, 4) is 0 Å². The highest BCUT2D eigenvalue weighted by Crippen LogP contribution is 2.46. The molecule has 7 atom stereocenters. The molecule has 0 spiro atoms. The number of morpholine rings is 1. The lowest BCUT2D eigenvalue weighted by molar-refractivity contribution is -0.153. The lowest BCUT2D eigenvalue weighted by Gasteiger charge is -2.46. The normalized spacial score (nSPS) is 40.2. The highest BCUT2D eigenvalue weighted by molar-refractivity contribution is 7.89. The van der Waals surface area contributed by atoms with Crippen molar-refractivity contribution in [1.82, 2.24) is 9.62 Å². The summed E-state index contributed by atoms with van der Waals surface area (Å²) in [6.45, 7) is 1.57. The minimum absolute atomic E-state index is 0.108. The Labute approximate surface area is 196 Å². The number of rotatable bonds is 4. The van der Waals surface area contributed by atoms with Crippen LogP contribution in [0.1, 0.15) is 64.2 Å². The van der Waals surface area contributed by atoms with E-state index >= 15 is 0 Å². The number of amides is 1. The predicted octanol–water partition coefficient (Wildman–Crippen LogP) is 1.68. The van der Waals surface area contributed by atoms with E-state index in [9.17, 15) is 22.8 Å². The molecule has 0 aromatic rings. The molecular weight excluding hydrogens is 444 g/mol. The fourth-order valence-corrected chi connectivity index (χ4v) is 9.16. The van der Waals surface area contributed by atoms with Crippen LogP contribution in [-0.2, 0) is 29.1 Å². The smallest absolute Gasteiger partial charge is 0.223 e. The summed E-state index contributed by atoms with van der Waals surface area (Å²) >= 11 is 0. The SMILES string of the molecule is O=C(NC1CCCC2C(=O)C3CCCCC3C(=O)C12)C1CCC(S(=O)(=O)N2CCOCC2)C1. The largest absolute Gasteiger partial charge is 0.379 e. The van der Waals surface area contributed by atoms with Gasteiger partial charge < -0.3 is 10.1 Å². The van der Waals surface area contributed by atoms with Crippen molar-refractivity contribution >= 4 is 27.5 Å². The number of carbonyl (C=O) groups excluding carboxylic acids is 3. The van der Waals surface area contributed by atoms with Crippen LogP contribution in [0.3, 0.4) is 0 Å². The number of fused-ring (bicyclic) bond motifs is 2. The topological polar surface area (TPSA) is 110 Å². The lowest BCUT2D eigenvalue weighted by atomic mass is 9.57. The maximum atomic E-state index is 13.4. The number of carbonyl (C=O) groups is 3. The van der Waals surface area contributed by atoms with E-state index in [-0.39, 0.29) is 47.2 Å². The van der Waals surface area contributed by atoms with Crippen molar-refractivity contribution in [3.05, 3.63) is 0 Å². The lowest BCUT2D eigenvalue weighted by Crippen LogP contribution is -2.58. The van der Waals surface area contributed by atoms with Gasteiger partial charge in [-0.15, -0.1) is 0 Å². The molecule has 8 nitrogen and oxygen atoms in total. The van der Waals surface area contributed by atoms with Crippen LogP contribution in [0.4, 0.5) is 0 Å². The number of ether oxygens (including phenoxy) is 1. The molecule has 4 aliphatic carbocycles. The maximum absolute atomic E-state index is 13.4. The van der Waals surface area contributed by atoms with Gasteiger partial charge in [0.05, 0.1) is 18.5 Å². The van der Waals surface area contributed by atoms with E-state index in [0.29, 0.717) is 52.0 Å². The van der Waals surface area contributed by atoms with Crippen molar-refractivity contribution in [3.63, 3.8) is 0 Å². The predicted molar refractivity (Wildman–Crippen MR) is 121 cm³/mol. The quantitative estimate of drug-likeness (QED) is 0.656. The van der Waals surface area contributed by atoms with Gasteiger partial charge in [-0.2, -0.15) is 4.31 Å². The molecule has 5 fully saturated rings. The first-order valence-electron chi connectivity index (χ1n) is 12.8. The van der Waals surface area contributed by atoms with Crippen LogP contribution in [0.15, 0.2) is 0 Å². The molecule has 1 amide bonds. The molecule has 0 bridgehead atoms. The standard InChI is InChI=1S/C24H36N2O6S/c27-22-17-4-1-2-5-18(17)23(28)21-19(22)6-3-7-20(21)25-24(29)15-8-9-16(14-15)33(30,31)26-10-12-32-13-11-26/h15-21H,1-14H2,(H,25,29). The van der Waals surface area contributed by atoms with E-state index in [1.165, 1.54) is 4.31 Å². The van der Waals surface area contributed by atoms with Gasteiger partial charge in [-0.25, -0.2) is 8.42 Å². The first kappa shape index (κ1) is 23.4. The summed E-state index contributed by atoms with van der Waals surface area (Å²) in [5, 5.41) is 2.58. The zero-order valence-electron chi connectivity index (χ0n) is 19.2. The van der Waals surface area contributed by atoms with Crippen LogP contribution in [0.2, 0.25) is 0 Å². The van der Waals surface area contributed by atoms with Gasteiger partial charge in [-0.3, -0.25) is 14.4 Å². The summed E-state index contributed by atoms with van der Waals surface area (Å²) in [7, 11) is -3.44. The minimum Gasteiger partial charge on any atom is -0.379 e. The Morgan fingerprint density at radius 2 is 1.52 bits per heavy atom. The van der Waals surface area contributed by atoms with E-state index in [0.717, 1.165) is 38.5 Å². The number of ketones is 2. The average molecular weight is 481 g/mol. The monoisotopic (exact) mass is 480 g/mol. The molecule has 5 aliphatic rings. The molecule has 33 heavy (non-hydrogen) atoms. The highest BCUT2D eigenvalue weighted by Gasteiger charge is 2.53. The van der Waals surface area contributed by atoms with Gasteiger partial charge in [0.1, 0.15) is 11.6 Å². The van der Waals surface area contributed by atoms with Crippen LogP contribution in [0.5, 0.6) is 0 Å². The molecule has 1 aliphatic heterocycles. The van der Waals surface area contributed by atoms with Crippen molar-refractivity contribution in [2.24, 2.45) is 29.6 Å². The molecule has 0 aromatic carbocycles. The second kappa shape index (κ2) is 9.38. The van der Waals surface area contributed by atoms with Crippen molar-refractivity contribution < 1.29 is 27.5 Å². The Morgan fingerprint density at radius 1 is 0.848 bits per heavy atom. The second-order valence-corrected chi connectivity index (χ2v) is 12.9. The fraction of sp³-hybridized carbons (Fsp3) is 0.875. The van der Waals surface area contributed by atoms with Crippen molar-refractivity contribution in [1.29, 1.82) is 0 Å². The number of hydrogen-bond acceptors (Lipinski definition) is 6. The Morgan fingerprint density at radius 3 is 2.24 bits per heavy atom. The van der Waals surface area contributed by atoms with Gasteiger partial charge in [0.25, 0.3) is 0 Å². The van der Waals surface area contributed by atoms with Crippen molar-refractivity contribution in [2.75, 3.05) is 26.3 Å². The van der Waals surface area contributed by atoms with Crippen LogP contribution in [0.25, 0.3) is 0 Å². The maximum Gasteiger partial charge on any atom is 0.223 e. The van der Waals surface area contributed by atoms with Gasteiger partial charge >= 0.3 is 0 Å². The van der Waals surface area contributed by atoms with Crippen molar-refractivity contribution in [2.45, 2.75) is 75.5 Å². The summed E-state index contributed by atoms with van der Waals surface area (Å²) in [6.07, 6.45) is 7.28. The van der Waals surface area contributed by atoms with E-state index in [2.05, 4.69) is 5.32 Å². The van der Waals surface area contributed by atoms with Gasteiger partial charge in [-0.05, 0) is 44.9 Å². The third-order valence-corrected chi connectivity index (χ3v) is 11.3. The molecule has 1 heterocycles. The molecule has 1 N–H and O–H groups in total. The molecule has 7 unspecified atom stereocenters. The summed E-state index contributed by atoms with van der Waals surface area (Å²) in [5.41, 5.74) is 0. The first-order valence-corrected chi connectivity index (χ1v) is 14.3. The summed E-state index contributed by atoms with van der Waals surface area (Å²) < 4.78 is 32.8. The first-order chi connectivity index (χ1) is 15.9. The number of nitrogens with zero attached hydrogens (tertiary/aromatic N) is 1. The number of hydrogen-bond donors (Lipinski definition) is 1. The Hall–Kier alpha value is -1.32. The zero-order valence-corrected chi connectivity index (χ0v) is 20.1. The minimum atomic E-state index is -3.44. The average Bonchev–Trinajstić information content (AvgIpc) is 3.35. The van der Waals surface area contributed by atoms with Crippen LogP contribution in [-0.4, -0.2) is 67.8 Å². The van der Waals surface area contributed by atoms with Gasteiger partial charge in [0.15, 0.2) is 0 Å². The molecule has 184 valence electrons. The highest BCUT2D eigenvalue weighted by atomic mass is 32.2. The van der Waals surface area contributed by atoms with E-state index in [4.69, 9.17) is 4.74 Å². The second-order valence-electron chi connectivity index (χ2n) is 10.7. The molecule has 0 radical (unpaired) electrons. The number of Topliss-reactive ketones (excluding diaryl/α,β-unsaturated/α-hetero) is 2. The molecule has 0 aromatic heterocycles. The van der Waals surface area contributed by atoms with E-state index < -0.39 is 21.2 Å². The van der Waals surface area contributed by atoms with Crippen LogP contribution < -0.4 is 5.32 Å². The third kappa shape index (κ3) is 4.29. The fourth-order valence-electron chi connectivity index (χ4n) is 7.17.